The van der Waals surface area contributed by atoms with Gasteiger partial charge < -0.3 is 5.32 Å². The second-order valence-electron chi connectivity index (χ2n) is 6.24. The molecule has 4 aromatic rings. The van der Waals surface area contributed by atoms with Crippen molar-refractivity contribution in [2.24, 2.45) is 7.05 Å². The molecule has 134 valence electrons. The number of aromatic nitrogens is 4. The van der Waals surface area contributed by atoms with Gasteiger partial charge in [0.25, 0.3) is 11.5 Å². The summed E-state index contributed by atoms with van der Waals surface area (Å²) in [4.78, 5) is 28.9. The molecule has 7 nitrogen and oxygen atoms in total. The Kier molecular flexibility index (Phi) is 4.04. The van der Waals surface area contributed by atoms with Gasteiger partial charge in [0.1, 0.15) is 22.9 Å². The molecule has 0 saturated heterocycles. The normalized spacial score (nSPS) is 10.9. The summed E-state index contributed by atoms with van der Waals surface area (Å²) in [5.41, 5.74) is 3.24. The van der Waals surface area contributed by atoms with Crippen LogP contribution in [0.5, 0.6) is 0 Å². The number of aryl methyl sites for hydroxylation is 2. The van der Waals surface area contributed by atoms with Gasteiger partial charge in [0.15, 0.2) is 0 Å². The number of hydrogen-bond acceptors (Lipinski definition) is 4. The summed E-state index contributed by atoms with van der Waals surface area (Å²) in [6.45, 7) is 1.99. The number of carbonyl (C=O) groups excluding carboxylic acids is 1. The molecule has 0 unspecified atom stereocenters. The van der Waals surface area contributed by atoms with Crippen LogP contribution in [0.25, 0.3) is 16.9 Å². The minimum Gasteiger partial charge on any atom is -0.304 e. The first-order chi connectivity index (χ1) is 13.0. The van der Waals surface area contributed by atoms with E-state index in [1.807, 2.05) is 60.0 Å². The molecule has 0 aliphatic carbocycles. The van der Waals surface area contributed by atoms with Crippen molar-refractivity contribution in [2.75, 3.05) is 5.32 Å². The second kappa shape index (κ2) is 6.53. The van der Waals surface area contributed by atoms with Crippen molar-refractivity contribution in [1.82, 2.24) is 19.2 Å². The van der Waals surface area contributed by atoms with Gasteiger partial charge in [-0.2, -0.15) is 5.10 Å². The van der Waals surface area contributed by atoms with Crippen molar-refractivity contribution >= 4 is 17.4 Å². The first-order valence-corrected chi connectivity index (χ1v) is 8.43. The third-order valence-corrected chi connectivity index (χ3v) is 4.25. The maximum Gasteiger partial charge on any atom is 0.277 e. The van der Waals surface area contributed by atoms with Crippen molar-refractivity contribution < 1.29 is 4.79 Å². The van der Waals surface area contributed by atoms with Crippen molar-refractivity contribution in [1.29, 1.82) is 0 Å². The number of imidazole rings is 1. The largest absolute Gasteiger partial charge is 0.304 e. The Balaban J connectivity index is 1.83. The van der Waals surface area contributed by atoms with Crippen LogP contribution in [0.15, 0.2) is 65.6 Å². The molecule has 0 spiro atoms. The van der Waals surface area contributed by atoms with Crippen LogP contribution in [0.2, 0.25) is 0 Å². The third kappa shape index (κ3) is 3.10. The number of carbonyl (C=O) groups is 1. The van der Waals surface area contributed by atoms with Gasteiger partial charge in [0, 0.05) is 24.9 Å². The third-order valence-electron chi connectivity index (χ3n) is 4.25. The molecule has 1 aromatic carbocycles. The molecular formula is C20H17N5O2. The molecule has 1 N–H and O–H groups in total. The van der Waals surface area contributed by atoms with Gasteiger partial charge in [0.2, 0.25) is 0 Å². The average Bonchev–Trinajstić information content (AvgIpc) is 3.02. The highest BCUT2D eigenvalue weighted by Gasteiger charge is 2.18. The highest BCUT2D eigenvalue weighted by Crippen LogP contribution is 2.29. The maximum absolute atomic E-state index is 12.7. The Morgan fingerprint density at radius 3 is 2.59 bits per heavy atom. The highest BCUT2D eigenvalue weighted by atomic mass is 16.2. The molecule has 0 atom stereocenters. The topological polar surface area (TPSA) is 81.3 Å². The molecule has 0 aliphatic heterocycles. The fourth-order valence-electron chi connectivity index (χ4n) is 2.86. The fourth-order valence-corrected chi connectivity index (χ4v) is 2.86. The molecule has 27 heavy (non-hydrogen) atoms. The number of anilines is 1. The number of rotatable bonds is 3. The zero-order valence-corrected chi connectivity index (χ0v) is 14.9. The van der Waals surface area contributed by atoms with Gasteiger partial charge in [-0.25, -0.2) is 9.67 Å². The number of amides is 1. The fraction of sp³-hybridized carbons (Fsp3) is 0.100. The van der Waals surface area contributed by atoms with Gasteiger partial charge in [-0.1, -0.05) is 30.3 Å². The van der Waals surface area contributed by atoms with E-state index >= 15 is 0 Å². The van der Waals surface area contributed by atoms with E-state index in [0.717, 1.165) is 21.5 Å². The lowest BCUT2D eigenvalue weighted by atomic mass is 10.1. The van der Waals surface area contributed by atoms with Crippen LogP contribution in [-0.2, 0) is 7.05 Å². The van der Waals surface area contributed by atoms with E-state index in [1.165, 1.54) is 19.2 Å². The number of nitrogens with zero attached hydrogens (tertiary/aromatic N) is 4. The van der Waals surface area contributed by atoms with Gasteiger partial charge in [-0.3, -0.25) is 14.0 Å². The summed E-state index contributed by atoms with van der Waals surface area (Å²) >= 11 is 0. The van der Waals surface area contributed by atoms with E-state index in [4.69, 9.17) is 4.98 Å². The average molecular weight is 359 g/mol. The smallest absolute Gasteiger partial charge is 0.277 e. The Bertz CT molecular complexity index is 1210. The zero-order chi connectivity index (χ0) is 19.0. The SMILES string of the molecule is Cc1ccn2c(NC(=O)c3ccc(=O)n(C)n3)c(-c3ccccc3)nc2c1. The number of nitrogens with one attached hydrogen (secondary N) is 1. The number of hydrogen-bond donors (Lipinski definition) is 1. The lowest BCUT2D eigenvalue weighted by Gasteiger charge is -2.08. The van der Waals surface area contributed by atoms with E-state index in [0.29, 0.717) is 11.5 Å². The minimum atomic E-state index is -0.412. The first-order valence-electron chi connectivity index (χ1n) is 8.43. The Morgan fingerprint density at radius 1 is 1.07 bits per heavy atom. The van der Waals surface area contributed by atoms with Crippen LogP contribution >= 0.6 is 0 Å². The molecule has 1 amide bonds. The summed E-state index contributed by atoms with van der Waals surface area (Å²) in [6, 6.07) is 16.3. The van der Waals surface area contributed by atoms with Gasteiger partial charge in [-0.15, -0.1) is 0 Å². The van der Waals surface area contributed by atoms with Crippen molar-refractivity contribution in [3.63, 3.8) is 0 Å². The van der Waals surface area contributed by atoms with Crippen LogP contribution < -0.4 is 10.9 Å². The molecule has 3 heterocycles. The van der Waals surface area contributed by atoms with E-state index in [1.54, 1.807) is 0 Å². The molecule has 0 saturated carbocycles. The standard InChI is InChI=1S/C20H17N5O2/c1-13-10-11-25-16(12-13)21-18(14-6-4-3-5-7-14)19(25)22-20(27)15-8-9-17(26)24(2)23-15/h3-12H,1-2H3,(H,22,27). The quantitative estimate of drug-likeness (QED) is 0.610. The predicted molar refractivity (Wildman–Crippen MR) is 103 cm³/mol. The van der Waals surface area contributed by atoms with Crippen LogP contribution in [0.3, 0.4) is 0 Å². The van der Waals surface area contributed by atoms with Crippen LogP contribution in [-0.4, -0.2) is 25.1 Å². The van der Waals surface area contributed by atoms with E-state index in [9.17, 15) is 9.59 Å². The molecule has 0 fully saturated rings. The van der Waals surface area contributed by atoms with E-state index in [2.05, 4.69) is 10.4 Å². The van der Waals surface area contributed by atoms with Gasteiger partial charge in [0.05, 0.1) is 0 Å². The summed E-state index contributed by atoms with van der Waals surface area (Å²) in [5, 5.41) is 6.91. The van der Waals surface area contributed by atoms with Crippen LogP contribution in [0, 0.1) is 6.92 Å². The van der Waals surface area contributed by atoms with Crippen molar-refractivity contribution in [3.8, 4) is 11.3 Å². The monoisotopic (exact) mass is 359 g/mol. The predicted octanol–water partition coefficient (Wildman–Crippen LogP) is 2.66. The number of fused-ring (bicyclic) bond motifs is 1. The molecule has 7 heteroatoms. The van der Waals surface area contributed by atoms with Gasteiger partial charge >= 0.3 is 0 Å². The van der Waals surface area contributed by atoms with E-state index in [-0.39, 0.29) is 11.3 Å². The van der Waals surface area contributed by atoms with Crippen LogP contribution in [0.1, 0.15) is 16.1 Å². The molecule has 0 aliphatic rings. The first kappa shape index (κ1) is 16.7. The minimum absolute atomic E-state index is 0.151. The van der Waals surface area contributed by atoms with Gasteiger partial charge in [-0.05, 0) is 30.7 Å². The van der Waals surface area contributed by atoms with Crippen molar-refractivity contribution in [3.05, 3.63) is 82.4 Å². The highest BCUT2D eigenvalue weighted by molar-refractivity contribution is 6.04. The molecule has 0 bridgehead atoms. The second-order valence-corrected chi connectivity index (χ2v) is 6.24. The Morgan fingerprint density at radius 2 is 1.85 bits per heavy atom. The number of benzene rings is 1. The summed E-state index contributed by atoms with van der Waals surface area (Å²) in [7, 11) is 1.51. The van der Waals surface area contributed by atoms with Crippen molar-refractivity contribution in [2.45, 2.75) is 6.92 Å². The molecule has 0 radical (unpaired) electrons. The summed E-state index contributed by atoms with van der Waals surface area (Å²) < 4.78 is 2.96. The molecule has 3 aromatic heterocycles. The maximum atomic E-state index is 12.7. The molecular weight excluding hydrogens is 342 g/mol. The number of pyridine rings is 1. The van der Waals surface area contributed by atoms with E-state index < -0.39 is 5.91 Å². The Hall–Kier alpha value is -3.74. The summed E-state index contributed by atoms with van der Waals surface area (Å²) in [6.07, 6.45) is 1.87. The lowest BCUT2D eigenvalue weighted by molar-refractivity contribution is 0.101. The Labute approximate surface area is 154 Å². The lowest BCUT2D eigenvalue weighted by Crippen LogP contribution is -2.24. The summed E-state index contributed by atoms with van der Waals surface area (Å²) in [5.74, 6) is 0.141. The molecule has 4 rings (SSSR count). The zero-order valence-electron chi connectivity index (χ0n) is 14.9. The van der Waals surface area contributed by atoms with Crippen LogP contribution in [0.4, 0.5) is 5.82 Å².